The van der Waals surface area contributed by atoms with Crippen LogP contribution in [0.3, 0.4) is 0 Å². The molecular weight excluding hydrogens is 210 g/mol. The van der Waals surface area contributed by atoms with Gasteiger partial charge in [0.05, 0.1) is 6.26 Å². The third kappa shape index (κ3) is 2.12. The Morgan fingerprint density at radius 1 is 1.45 bits per heavy atom. The quantitative estimate of drug-likeness (QED) is 0.530. The number of carbonyl (C=O) groups excluding carboxylic acids is 1. The molecule has 60 valence electrons. The summed E-state index contributed by atoms with van der Waals surface area (Å²) in [6.07, 6.45) is 1.34. The zero-order valence-electron chi connectivity index (χ0n) is 5.18. The van der Waals surface area contributed by atoms with Crippen molar-refractivity contribution in [1.82, 2.24) is 0 Å². The van der Waals surface area contributed by atoms with Gasteiger partial charge in [0.2, 0.25) is 5.78 Å². The largest absolute Gasteiger partial charge is 0.461 e. The van der Waals surface area contributed by atoms with Gasteiger partial charge in [0, 0.05) is 0 Å². The minimum Gasteiger partial charge on any atom is -0.461 e. The van der Waals surface area contributed by atoms with Crippen molar-refractivity contribution in [2.24, 2.45) is 0 Å². The number of Topliss-reactive ketones (excluding diaryl/α,β-unsaturated/α-hetero) is 1. The van der Waals surface area contributed by atoms with E-state index in [0.29, 0.717) is 0 Å². The first-order chi connectivity index (χ1) is 5.02. The van der Waals surface area contributed by atoms with Crippen LogP contribution in [0.1, 0.15) is 10.6 Å². The van der Waals surface area contributed by atoms with Crippen molar-refractivity contribution < 1.29 is 9.21 Å². The number of rotatable bonds is 1. The molecule has 0 saturated heterocycles. The minimum atomic E-state index is -1.93. The van der Waals surface area contributed by atoms with Crippen LogP contribution in [-0.4, -0.2) is 9.58 Å². The highest BCUT2D eigenvalue weighted by atomic mass is 35.6. The van der Waals surface area contributed by atoms with E-state index in [0.717, 1.165) is 0 Å². The Balaban J connectivity index is 2.88. The summed E-state index contributed by atoms with van der Waals surface area (Å²) in [6.45, 7) is 0. The van der Waals surface area contributed by atoms with E-state index < -0.39 is 9.58 Å². The van der Waals surface area contributed by atoms with Gasteiger partial charge in [0.25, 0.3) is 3.79 Å². The summed E-state index contributed by atoms with van der Waals surface area (Å²) in [5.74, 6) is -0.613. The molecule has 1 aromatic heterocycles. The van der Waals surface area contributed by atoms with Crippen LogP contribution in [0.25, 0.3) is 0 Å². The van der Waals surface area contributed by atoms with E-state index in [4.69, 9.17) is 39.2 Å². The van der Waals surface area contributed by atoms with E-state index in [1.807, 2.05) is 0 Å². The first-order valence-electron chi connectivity index (χ1n) is 2.67. The smallest absolute Gasteiger partial charge is 0.256 e. The fraction of sp³-hybridized carbons (Fsp3) is 0.167. The summed E-state index contributed by atoms with van der Waals surface area (Å²) in [5, 5.41) is 0. The Bertz CT molecular complexity index is 247. The Kier molecular flexibility index (Phi) is 2.47. The molecule has 0 saturated carbocycles. The number of carbonyl (C=O) groups is 1. The zero-order chi connectivity index (χ0) is 8.48. The second-order valence-electron chi connectivity index (χ2n) is 1.80. The lowest BCUT2D eigenvalue weighted by Crippen LogP contribution is -2.17. The van der Waals surface area contributed by atoms with E-state index in [9.17, 15) is 4.79 Å². The van der Waals surface area contributed by atoms with Gasteiger partial charge in [-0.1, -0.05) is 34.8 Å². The Labute approximate surface area is 78.0 Å². The monoisotopic (exact) mass is 212 g/mol. The highest BCUT2D eigenvalue weighted by molar-refractivity contribution is 6.77. The minimum absolute atomic E-state index is 0.0463. The molecule has 0 aromatic carbocycles. The first-order valence-corrected chi connectivity index (χ1v) is 3.80. The van der Waals surface area contributed by atoms with Crippen molar-refractivity contribution in [3.8, 4) is 0 Å². The first kappa shape index (κ1) is 8.91. The van der Waals surface area contributed by atoms with E-state index in [1.54, 1.807) is 6.07 Å². The maximum absolute atomic E-state index is 11.0. The van der Waals surface area contributed by atoms with Crippen molar-refractivity contribution in [1.29, 1.82) is 0 Å². The van der Waals surface area contributed by atoms with Gasteiger partial charge in [-0.2, -0.15) is 0 Å². The molecule has 0 amide bonds. The van der Waals surface area contributed by atoms with Crippen molar-refractivity contribution >= 4 is 40.6 Å². The van der Waals surface area contributed by atoms with E-state index in [-0.39, 0.29) is 5.76 Å². The van der Waals surface area contributed by atoms with Gasteiger partial charge in [-0.25, -0.2) is 0 Å². The second kappa shape index (κ2) is 3.05. The molecule has 0 aliphatic rings. The fourth-order valence-electron chi connectivity index (χ4n) is 0.547. The predicted octanol–water partition coefficient (Wildman–Crippen LogP) is 2.83. The summed E-state index contributed by atoms with van der Waals surface area (Å²) in [4.78, 5) is 11.0. The average Bonchev–Trinajstić information content (AvgIpc) is 2.34. The standard InChI is InChI=1S/C6H3Cl3O2/c7-6(8,9)5(10)4-2-1-3-11-4/h1-3H. The maximum Gasteiger partial charge on any atom is 0.256 e. The normalized spacial score (nSPS) is 11.5. The molecule has 0 bridgehead atoms. The number of hydrogen-bond acceptors (Lipinski definition) is 2. The SMILES string of the molecule is O=C(c1ccco1)C(Cl)(Cl)Cl. The third-order valence-corrected chi connectivity index (χ3v) is 1.52. The molecule has 5 heteroatoms. The van der Waals surface area contributed by atoms with Crippen LogP contribution >= 0.6 is 34.8 Å². The van der Waals surface area contributed by atoms with Crippen LogP contribution in [0.15, 0.2) is 22.8 Å². The molecule has 0 aliphatic carbocycles. The highest BCUT2D eigenvalue weighted by Gasteiger charge is 2.33. The van der Waals surface area contributed by atoms with E-state index >= 15 is 0 Å². The number of alkyl halides is 3. The summed E-state index contributed by atoms with van der Waals surface area (Å²) >= 11 is 15.9. The average molecular weight is 213 g/mol. The van der Waals surface area contributed by atoms with E-state index in [1.165, 1.54) is 12.3 Å². The zero-order valence-corrected chi connectivity index (χ0v) is 7.45. The molecule has 0 radical (unpaired) electrons. The van der Waals surface area contributed by atoms with Crippen LogP contribution in [0.2, 0.25) is 0 Å². The summed E-state index contributed by atoms with van der Waals surface area (Å²) in [6, 6.07) is 2.98. The van der Waals surface area contributed by atoms with Gasteiger partial charge in [-0.3, -0.25) is 4.79 Å². The molecule has 0 unspecified atom stereocenters. The van der Waals surface area contributed by atoms with Crippen LogP contribution in [-0.2, 0) is 0 Å². The molecule has 0 fully saturated rings. The summed E-state index contributed by atoms with van der Waals surface area (Å²) < 4.78 is 2.79. The van der Waals surface area contributed by atoms with Crippen LogP contribution in [0.5, 0.6) is 0 Å². The molecule has 2 nitrogen and oxygen atoms in total. The molecule has 11 heavy (non-hydrogen) atoms. The number of ketones is 1. The lowest BCUT2D eigenvalue weighted by Gasteiger charge is -2.05. The Morgan fingerprint density at radius 3 is 2.45 bits per heavy atom. The van der Waals surface area contributed by atoms with Crippen molar-refractivity contribution in [2.45, 2.75) is 3.79 Å². The van der Waals surface area contributed by atoms with Crippen molar-refractivity contribution in [3.63, 3.8) is 0 Å². The van der Waals surface area contributed by atoms with Crippen molar-refractivity contribution in [2.75, 3.05) is 0 Å². The maximum atomic E-state index is 11.0. The predicted molar refractivity (Wildman–Crippen MR) is 43.3 cm³/mol. The lowest BCUT2D eigenvalue weighted by molar-refractivity contribution is 0.0970. The van der Waals surface area contributed by atoms with Crippen LogP contribution < -0.4 is 0 Å². The molecule has 0 aliphatic heterocycles. The lowest BCUT2D eigenvalue weighted by atomic mass is 10.3. The molecule has 1 heterocycles. The second-order valence-corrected chi connectivity index (χ2v) is 4.09. The van der Waals surface area contributed by atoms with Crippen LogP contribution in [0, 0.1) is 0 Å². The molecular formula is C6H3Cl3O2. The van der Waals surface area contributed by atoms with Gasteiger partial charge >= 0.3 is 0 Å². The Morgan fingerprint density at radius 2 is 2.09 bits per heavy atom. The van der Waals surface area contributed by atoms with E-state index in [2.05, 4.69) is 0 Å². The molecule has 1 aromatic rings. The summed E-state index contributed by atoms with van der Waals surface area (Å²) in [5.41, 5.74) is 0. The number of furan rings is 1. The van der Waals surface area contributed by atoms with Gasteiger partial charge in [-0.15, -0.1) is 0 Å². The fourth-order valence-corrected chi connectivity index (χ4v) is 0.827. The molecule has 0 atom stereocenters. The number of halogens is 3. The van der Waals surface area contributed by atoms with Gasteiger partial charge in [0.15, 0.2) is 5.76 Å². The molecule has 1 rings (SSSR count). The third-order valence-electron chi connectivity index (χ3n) is 1.00. The van der Waals surface area contributed by atoms with Gasteiger partial charge < -0.3 is 4.42 Å². The molecule has 0 spiro atoms. The summed E-state index contributed by atoms with van der Waals surface area (Å²) in [7, 11) is 0. The van der Waals surface area contributed by atoms with Crippen LogP contribution in [0.4, 0.5) is 0 Å². The van der Waals surface area contributed by atoms with Gasteiger partial charge in [0.1, 0.15) is 0 Å². The van der Waals surface area contributed by atoms with Crippen molar-refractivity contribution in [3.05, 3.63) is 24.2 Å². The highest BCUT2D eigenvalue weighted by Crippen LogP contribution is 2.30. The van der Waals surface area contributed by atoms with Gasteiger partial charge in [-0.05, 0) is 12.1 Å². The Hall–Kier alpha value is -0.180. The number of hydrogen-bond donors (Lipinski definition) is 0. The topological polar surface area (TPSA) is 30.2 Å². The molecule has 0 N–H and O–H groups in total.